The predicted octanol–water partition coefficient (Wildman–Crippen LogP) is 4.36. The van der Waals surface area contributed by atoms with Crippen LogP contribution in [0.3, 0.4) is 0 Å². The zero-order chi connectivity index (χ0) is 15.8. The molecule has 0 unspecified atom stereocenters. The Hall–Kier alpha value is -1.00. The summed E-state index contributed by atoms with van der Waals surface area (Å²) in [7, 11) is 0. The number of halogens is 7. The number of carbonyl (C=O) groups is 1. The number of benzene rings is 1. The molecule has 0 atom stereocenters. The molecule has 112 valence electrons. The Labute approximate surface area is 123 Å². The van der Waals surface area contributed by atoms with Crippen LogP contribution in [0, 0.1) is 8.99 Å². The Kier molecular flexibility index (Phi) is 4.62. The van der Waals surface area contributed by atoms with Crippen molar-refractivity contribution >= 4 is 34.2 Å². The summed E-state index contributed by atoms with van der Waals surface area (Å²) in [5, 5.41) is 1.64. The van der Waals surface area contributed by atoms with Crippen LogP contribution in [0.15, 0.2) is 24.3 Å². The van der Waals surface area contributed by atoms with Crippen LogP contribution in [0.4, 0.5) is 32.0 Å². The molecule has 0 bridgehead atoms. The lowest BCUT2D eigenvalue weighted by atomic mass is 9.87. The molecule has 1 aromatic carbocycles. The molecular weight excluding hydrogens is 403 g/mol. The van der Waals surface area contributed by atoms with Gasteiger partial charge < -0.3 is 5.32 Å². The van der Waals surface area contributed by atoms with E-state index >= 15 is 0 Å². The van der Waals surface area contributed by atoms with Crippen LogP contribution in [-0.2, 0) is 4.79 Å². The summed E-state index contributed by atoms with van der Waals surface area (Å²) in [6.45, 7) is -0.185. The van der Waals surface area contributed by atoms with Gasteiger partial charge in [0.2, 0.25) is 11.3 Å². The lowest BCUT2D eigenvalue weighted by Gasteiger charge is -2.32. The van der Waals surface area contributed by atoms with E-state index in [2.05, 4.69) is 0 Å². The van der Waals surface area contributed by atoms with Crippen LogP contribution in [-0.4, -0.2) is 18.3 Å². The molecule has 0 fully saturated rings. The third-order valence-corrected chi connectivity index (χ3v) is 3.41. The Morgan fingerprint density at radius 1 is 1.00 bits per heavy atom. The summed E-state index contributed by atoms with van der Waals surface area (Å²) in [5.41, 5.74) is -4.61. The average Bonchev–Trinajstić information content (AvgIpc) is 2.28. The molecule has 0 spiro atoms. The minimum atomic E-state index is -5.75. The van der Waals surface area contributed by atoms with Crippen molar-refractivity contribution in [2.75, 3.05) is 5.32 Å². The van der Waals surface area contributed by atoms with Crippen LogP contribution in [0.25, 0.3) is 0 Å². The maximum absolute atomic E-state index is 12.6. The van der Waals surface area contributed by atoms with Gasteiger partial charge in [0.25, 0.3) is 0 Å². The molecule has 1 rings (SSSR count). The third-order valence-electron chi connectivity index (χ3n) is 2.69. The predicted molar refractivity (Wildman–Crippen MR) is 68.0 cm³/mol. The minimum absolute atomic E-state index is 0.143. The Balaban J connectivity index is 3.11. The SMILES string of the molecule is CC(C(=O)Nc1ccc(I)cc1)(C(F)(F)F)C(F)(F)F. The molecule has 1 N–H and O–H groups in total. The molecule has 9 heteroatoms. The number of hydrogen-bond donors (Lipinski definition) is 1. The van der Waals surface area contributed by atoms with E-state index in [9.17, 15) is 31.1 Å². The molecule has 0 saturated carbocycles. The fourth-order valence-corrected chi connectivity index (χ4v) is 1.57. The van der Waals surface area contributed by atoms with Gasteiger partial charge >= 0.3 is 12.4 Å². The van der Waals surface area contributed by atoms with Gasteiger partial charge in [-0.15, -0.1) is 0 Å². The van der Waals surface area contributed by atoms with Gasteiger partial charge in [-0.1, -0.05) is 0 Å². The number of anilines is 1. The maximum Gasteiger partial charge on any atom is 0.411 e. The quantitative estimate of drug-likeness (QED) is 0.569. The highest BCUT2D eigenvalue weighted by molar-refractivity contribution is 14.1. The van der Waals surface area contributed by atoms with E-state index in [0.717, 1.165) is 3.57 Å². The monoisotopic (exact) mass is 411 g/mol. The first-order valence-corrected chi connectivity index (χ1v) is 6.18. The summed E-state index contributed by atoms with van der Waals surface area (Å²) in [6, 6.07) is 5.31. The van der Waals surface area contributed by atoms with Crippen LogP contribution in [0.2, 0.25) is 0 Å². The van der Waals surface area contributed by atoms with E-state index in [0.29, 0.717) is 0 Å². The van der Waals surface area contributed by atoms with Crippen molar-refractivity contribution in [3.63, 3.8) is 0 Å². The fourth-order valence-electron chi connectivity index (χ4n) is 1.21. The van der Waals surface area contributed by atoms with Gasteiger partial charge in [0.15, 0.2) is 0 Å². The van der Waals surface area contributed by atoms with E-state index in [1.807, 2.05) is 22.6 Å². The molecule has 0 radical (unpaired) electrons. The van der Waals surface area contributed by atoms with Crippen molar-refractivity contribution < 1.29 is 31.1 Å². The highest BCUT2D eigenvalue weighted by Crippen LogP contribution is 2.50. The molecule has 2 nitrogen and oxygen atoms in total. The summed E-state index contributed by atoms with van der Waals surface area (Å²) < 4.78 is 76.5. The molecule has 20 heavy (non-hydrogen) atoms. The molecule has 1 aromatic rings. The number of rotatable bonds is 2. The van der Waals surface area contributed by atoms with Crippen molar-refractivity contribution in [3.05, 3.63) is 27.8 Å². The third kappa shape index (κ3) is 3.18. The Bertz CT molecular complexity index is 479. The Morgan fingerprint density at radius 3 is 1.75 bits per heavy atom. The van der Waals surface area contributed by atoms with Crippen LogP contribution in [0.5, 0.6) is 0 Å². The molecule has 1 amide bonds. The first kappa shape index (κ1) is 17.1. The summed E-state index contributed by atoms with van der Waals surface area (Å²) in [4.78, 5) is 11.5. The largest absolute Gasteiger partial charge is 0.411 e. The van der Waals surface area contributed by atoms with E-state index < -0.39 is 23.7 Å². The highest BCUT2D eigenvalue weighted by Gasteiger charge is 2.72. The second kappa shape index (κ2) is 5.41. The first-order valence-electron chi connectivity index (χ1n) is 5.10. The average molecular weight is 411 g/mol. The summed E-state index contributed by atoms with van der Waals surface area (Å²) in [6.07, 6.45) is -11.5. The standard InChI is InChI=1S/C11H8F6INO/c1-9(10(12,13)14,11(15,16)17)8(20)19-7-4-2-6(18)3-5-7/h2-5H,1H3,(H,19,20). The molecule has 0 aromatic heterocycles. The molecule has 0 aliphatic rings. The lowest BCUT2D eigenvalue weighted by Crippen LogP contribution is -2.55. The molecule has 0 aliphatic heterocycles. The van der Waals surface area contributed by atoms with Gasteiger partial charge in [0, 0.05) is 9.26 Å². The van der Waals surface area contributed by atoms with Gasteiger partial charge in [0.1, 0.15) is 0 Å². The van der Waals surface area contributed by atoms with Crippen LogP contribution in [0.1, 0.15) is 6.92 Å². The molecule has 0 saturated heterocycles. The number of carbonyl (C=O) groups excluding carboxylic acids is 1. The number of nitrogens with one attached hydrogen (secondary N) is 1. The highest BCUT2D eigenvalue weighted by atomic mass is 127. The van der Waals surface area contributed by atoms with Gasteiger partial charge in [-0.05, 0) is 53.8 Å². The van der Waals surface area contributed by atoms with E-state index in [4.69, 9.17) is 0 Å². The second-order valence-corrected chi connectivity index (χ2v) is 5.33. The summed E-state index contributed by atoms with van der Waals surface area (Å²) >= 11 is 1.90. The number of hydrogen-bond acceptors (Lipinski definition) is 1. The van der Waals surface area contributed by atoms with Crippen molar-refractivity contribution in [2.45, 2.75) is 19.3 Å². The maximum atomic E-state index is 12.6. The number of amides is 1. The van der Waals surface area contributed by atoms with Gasteiger partial charge in [-0.25, -0.2) is 0 Å². The van der Waals surface area contributed by atoms with Gasteiger partial charge in [-0.3, -0.25) is 4.79 Å². The van der Waals surface area contributed by atoms with E-state index in [1.165, 1.54) is 24.3 Å². The molecule has 0 aliphatic carbocycles. The zero-order valence-corrected chi connectivity index (χ0v) is 12.0. The number of alkyl halides is 6. The normalized spacial score (nSPS) is 13.2. The zero-order valence-electron chi connectivity index (χ0n) is 9.86. The van der Waals surface area contributed by atoms with Crippen molar-refractivity contribution in [2.24, 2.45) is 5.41 Å². The van der Waals surface area contributed by atoms with Gasteiger partial charge in [-0.2, -0.15) is 26.3 Å². The van der Waals surface area contributed by atoms with Gasteiger partial charge in [0.05, 0.1) is 0 Å². The Morgan fingerprint density at radius 2 is 1.40 bits per heavy atom. The molecular formula is C11H8F6INO. The van der Waals surface area contributed by atoms with Crippen LogP contribution >= 0.6 is 22.6 Å². The smallest absolute Gasteiger partial charge is 0.325 e. The fraction of sp³-hybridized carbons (Fsp3) is 0.364. The van der Waals surface area contributed by atoms with Crippen molar-refractivity contribution in [3.8, 4) is 0 Å². The van der Waals surface area contributed by atoms with E-state index in [1.54, 1.807) is 5.32 Å². The van der Waals surface area contributed by atoms with Crippen molar-refractivity contribution in [1.29, 1.82) is 0 Å². The molecule has 0 heterocycles. The van der Waals surface area contributed by atoms with Crippen molar-refractivity contribution in [1.82, 2.24) is 0 Å². The summed E-state index contributed by atoms with van der Waals surface area (Å²) in [5.74, 6) is -2.17. The van der Waals surface area contributed by atoms with Crippen LogP contribution < -0.4 is 5.32 Å². The first-order chi connectivity index (χ1) is 8.89. The lowest BCUT2D eigenvalue weighted by molar-refractivity contribution is -0.317. The second-order valence-electron chi connectivity index (χ2n) is 4.08. The van der Waals surface area contributed by atoms with E-state index in [-0.39, 0.29) is 12.6 Å². The minimum Gasteiger partial charge on any atom is -0.325 e. The topological polar surface area (TPSA) is 29.1 Å².